The van der Waals surface area contributed by atoms with E-state index in [-0.39, 0.29) is 30.3 Å². The van der Waals surface area contributed by atoms with Crippen molar-refractivity contribution in [1.29, 1.82) is 0 Å². The molecule has 1 aromatic heterocycles. The highest BCUT2D eigenvalue weighted by atomic mass is 35.5. The molecule has 0 unspecified atom stereocenters. The number of aliphatic hydroxyl groups is 1. The van der Waals surface area contributed by atoms with E-state index < -0.39 is 18.1 Å². The second-order valence-corrected chi connectivity index (χ2v) is 10.3. The smallest absolute Gasteiger partial charge is 0.241 e. The predicted octanol–water partition coefficient (Wildman–Crippen LogP) is 3.21. The van der Waals surface area contributed by atoms with Crippen LogP contribution in [0.5, 0.6) is 0 Å². The van der Waals surface area contributed by atoms with Crippen LogP contribution in [-0.4, -0.2) is 64.1 Å². The van der Waals surface area contributed by atoms with Gasteiger partial charge in [0.05, 0.1) is 23.4 Å². The Kier molecular flexibility index (Phi) is 8.88. The predicted molar refractivity (Wildman–Crippen MR) is 139 cm³/mol. The number of aryl methyl sites for hydroxylation is 1. The number of halogens is 1. The van der Waals surface area contributed by atoms with Crippen LogP contribution in [-0.2, 0) is 9.59 Å². The number of nitrogens with zero attached hydrogens (tertiary/aromatic N) is 3. The van der Waals surface area contributed by atoms with Crippen molar-refractivity contribution in [3.8, 4) is 0 Å². The number of piperazine rings is 1. The van der Waals surface area contributed by atoms with Crippen molar-refractivity contribution in [2.45, 2.75) is 58.2 Å². The highest BCUT2D eigenvalue weighted by Crippen LogP contribution is 2.31. The molecule has 2 heterocycles. The third-order valence-electron chi connectivity index (χ3n) is 6.74. The molecule has 1 saturated heterocycles. The molecule has 0 bridgehead atoms. The molecule has 190 valence electrons. The van der Waals surface area contributed by atoms with E-state index >= 15 is 0 Å². The minimum atomic E-state index is -0.900. The summed E-state index contributed by atoms with van der Waals surface area (Å²) in [6.45, 7) is 8.80. The lowest BCUT2D eigenvalue weighted by atomic mass is 9.92. The van der Waals surface area contributed by atoms with Crippen molar-refractivity contribution in [2.75, 3.05) is 29.9 Å². The maximum absolute atomic E-state index is 13.0. The topological polar surface area (TPSA) is 112 Å². The summed E-state index contributed by atoms with van der Waals surface area (Å²) in [6, 6.07) is 10.4. The van der Waals surface area contributed by atoms with Crippen LogP contribution in [0.4, 0.5) is 11.5 Å². The number of aromatic nitrogens is 1. The van der Waals surface area contributed by atoms with Gasteiger partial charge in [0.15, 0.2) is 0 Å². The highest BCUT2D eigenvalue weighted by molar-refractivity contribution is 6.33. The molecule has 4 N–H and O–H groups in total. The number of hydrogen-bond donors (Lipinski definition) is 3. The van der Waals surface area contributed by atoms with Crippen molar-refractivity contribution in [1.82, 2.24) is 9.88 Å². The fourth-order valence-corrected chi connectivity index (χ4v) is 4.61. The Hall–Kier alpha value is -2.52. The van der Waals surface area contributed by atoms with E-state index in [1.165, 1.54) is 0 Å². The van der Waals surface area contributed by atoms with E-state index in [4.69, 9.17) is 17.3 Å². The monoisotopic (exact) mass is 501 g/mol. The molecule has 2 amide bonds. The molecule has 9 heteroatoms. The van der Waals surface area contributed by atoms with E-state index in [2.05, 4.69) is 10.3 Å². The van der Waals surface area contributed by atoms with Gasteiger partial charge in [-0.15, -0.1) is 0 Å². The fraction of sp³-hybridized carbons (Fsp3) is 0.500. The van der Waals surface area contributed by atoms with Crippen molar-refractivity contribution in [3.63, 3.8) is 0 Å². The first-order chi connectivity index (χ1) is 16.5. The number of nitrogens with one attached hydrogen (secondary N) is 1. The molecule has 3 rings (SSSR count). The van der Waals surface area contributed by atoms with Gasteiger partial charge in [0.25, 0.3) is 0 Å². The number of hydrogen-bond acceptors (Lipinski definition) is 6. The number of carbonyl (C=O) groups excluding carboxylic acids is 2. The van der Waals surface area contributed by atoms with Gasteiger partial charge in [0.2, 0.25) is 11.8 Å². The first kappa shape index (κ1) is 27.1. The number of benzene rings is 1. The summed E-state index contributed by atoms with van der Waals surface area (Å²) in [5.41, 5.74) is 7.56. The van der Waals surface area contributed by atoms with Crippen LogP contribution in [0, 0.1) is 12.8 Å². The molecule has 1 fully saturated rings. The Labute approximate surface area is 212 Å². The zero-order chi connectivity index (χ0) is 25.8. The van der Waals surface area contributed by atoms with Gasteiger partial charge < -0.3 is 21.1 Å². The van der Waals surface area contributed by atoms with E-state index in [9.17, 15) is 14.7 Å². The van der Waals surface area contributed by atoms with Crippen LogP contribution < -0.4 is 16.0 Å². The molecule has 3 atom stereocenters. The van der Waals surface area contributed by atoms with Crippen molar-refractivity contribution in [2.24, 2.45) is 11.7 Å². The minimum Gasteiger partial charge on any atom is -0.391 e. The molecule has 2 aromatic rings. The summed E-state index contributed by atoms with van der Waals surface area (Å²) >= 11 is 6.33. The number of carbonyl (C=O) groups is 2. The Bertz CT molecular complexity index is 1050. The second-order valence-electron chi connectivity index (χ2n) is 9.85. The van der Waals surface area contributed by atoms with Gasteiger partial charge in [0.1, 0.15) is 5.82 Å². The van der Waals surface area contributed by atoms with Crippen molar-refractivity contribution < 1.29 is 14.7 Å². The lowest BCUT2D eigenvalue weighted by Crippen LogP contribution is -2.64. The zero-order valence-electron chi connectivity index (χ0n) is 20.9. The lowest BCUT2D eigenvalue weighted by Gasteiger charge is -2.47. The summed E-state index contributed by atoms with van der Waals surface area (Å²) < 4.78 is 0. The Morgan fingerprint density at radius 1 is 1.29 bits per heavy atom. The lowest BCUT2D eigenvalue weighted by molar-refractivity contribution is -0.124. The van der Waals surface area contributed by atoms with Crippen LogP contribution in [0.15, 0.2) is 42.6 Å². The zero-order valence-corrected chi connectivity index (χ0v) is 21.6. The van der Waals surface area contributed by atoms with Gasteiger partial charge in [-0.3, -0.25) is 14.5 Å². The van der Waals surface area contributed by atoms with Crippen LogP contribution in [0.1, 0.15) is 39.2 Å². The number of rotatable bonds is 9. The third kappa shape index (κ3) is 6.58. The Balaban J connectivity index is 1.61. The van der Waals surface area contributed by atoms with Crippen molar-refractivity contribution in [3.05, 3.63) is 53.2 Å². The molecule has 1 aromatic carbocycles. The summed E-state index contributed by atoms with van der Waals surface area (Å²) in [4.78, 5) is 33.7. The van der Waals surface area contributed by atoms with Crippen LogP contribution in [0.2, 0.25) is 5.02 Å². The molecule has 8 nitrogen and oxygen atoms in total. The van der Waals surface area contributed by atoms with Crippen LogP contribution in [0.25, 0.3) is 0 Å². The third-order valence-corrected chi connectivity index (χ3v) is 7.06. The average Bonchev–Trinajstić information content (AvgIpc) is 2.81. The number of pyridine rings is 1. The van der Waals surface area contributed by atoms with Crippen molar-refractivity contribution >= 4 is 34.9 Å². The van der Waals surface area contributed by atoms with Gasteiger partial charge in [-0.1, -0.05) is 36.7 Å². The summed E-state index contributed by atoms with van der Waals surface area (Å²) in [5, 5.41) is 14.2. The molecular formula is C26H36ClN5O3. The van der Waals surface area contributed by atoms with Gasteiger partial charge in [-0.2, -0.15) is 0 Å². The average molecular weight is 502 g/mol. The number of nitrogens with two attached hydrogens (primary N) is 1. The van der Waals surface area contributed by atoms with E-state index in [1.807, 2.05) is 62.9 Å². The van der Waals surface area contributed by atoms with Gasteiger partial charge in [-0.05, 0) is 57.4 Å². The molecule has 35 heavy (non-hydrogen) atoms. The molecule has 0 spiro atoms. The largest absolute Gasteiger partial charge is 0.391 e. The standard InChI is InChI=1S/C26H36ClN5O3/c1-5-18(25(35)30-24-17(2)9-8-12-29-24)13-22(33)20(28)14-31-15-23(34)32(16-26(31,3)4)21-11-7-6-10-19(21)27/h6-12,18,20,22,33H,5,13-16,28H2,1-4H3,(H,29,30,35)/t18-,20+,22+/m1/s1. The summed E-state index contributed by atoms with van der Waals surface area (Å²) in [6.07, 6.45) is 1.51. The molecule has 1 aliphatic rings. The number of aliphatic hydroxyl groups excluding tert-OH is 1. The fourth-order valence-electron chi connectivity index (χ4n) is 4.38. The number of amides is 2. The summed E-state index contributed by atoms with van der Waals surface area (Å²) in [5.74, 6) is -0.157. The summed E-state index contributed by atoms with van der Waals surface area (Å²) in [7, 11) is 0. The SMILES string of the molecule is CC[C@H](C[C@H](O)[C@@H](N)CN1CC(=O)N(c2ccccc2Cl)CC1(C)C)C(=O)Nc1ncccc1C. The van der Waals surface area contributed by atoms with Crippen LogP contribution >= 0.6 is 11.6 Å². The highest BCUT2D eigenvalue weighted by Gasteiger charge is 2.40. The number of para-hydroxylation sites is 1. The normalized spacial score (nSPS) is 18.7. The molecule has 1 aliphatic heterocycles. The molecule has 0 aliphatic carbocycles. The Morgan fingerprint density at radius 3 is 2.66 bits per heavy atom. The first-order valence-electron chi connectivity index (χ1n) is 12.0. The molecular weight excluding hydrogens is 466 g/mol. The van der Waals surface area contributed by atoms with E-state index in [0.717, 1.165) is 5.56 Å². The maximum atomic E-state index is 13.0. The molecule has 0 radical (unpaired) electrons. The number of anilines is 2. The van der Waals surface area contributed by atoms with Gasteiger partial charge in [0, 0.05) is 36.8 Å². The van der Waals surface area contributed by atoms with Crippen LogP contribution in [0.3, 0.4) is 0 Å². The Morgan fingerprint density at radius 2 is 2.00 bits per heavy atom. The van der Waals surface area contributed by atoms with E-state index in [0.29, 0.717) is 36.0 Å². The quantitative estimate of drug-likeness (QED) is 0.486. The minimum absolute atomic E-state index is 0.0735. The maximum Gasteiger partial charge on any atom is 0.241 e. The van der Waals surface area contributed by atoms with Gasteiger partial charge in [-0.25, -0.2) is 4.98 Å². The van der Waals surface area contributed by atoms with E-state index in [1.54, 1.807) is 17.2 Å². The van der Waals surface area contributed by atoms with Gasteiger partial charge >= 0.3 is 0 Å². The second kappa shape index (κ2) is 11.5. The first-order valence-corrected chi connectivity index (χ1v) is 12.4. The molecule has 0 saturated carbocycles.